The molecular weight excluding hydrogens is 374 g/mol. The topological polar surface area (TPSA) is 61.9 Å². The van der Waals surface area contributed by atoms with Crippen LogP contribution in [0.3, 0.4) is 0 Å². The molecule has 3 rings (SSSR count). The van der Waals surface area contributed by atoms with Gasteiger partial charge in [-0.2, -0.15) is 0 Å². The van der Waals surface area contributed by atoms with Gasteiger partial charge in [-0.15, -0.1) is 0 Å². The molecule has 0 amide bonds. The van der Waals surface area contributed by atoms with Crippen LogP contribution in [0.4, 0.5) is 14.5 Å². The van der Waals surface area contributed by atoms with E-state index in [1.54, 1.807) is 18.3 Å². The summed E-state index contributed by atoms with van der Waals surface area (Å²) in [5, 5.41) is 0. The lowest BCUT2D eigenvalue weighted by atomic mass is 10.2. The largest absolute Gasteiger partial charge is 0.400 e. The molecule has 2 aromatic rings. The van der Waals surface area contributed by atoms with E-state index in [-0.39, 0.29) is 6.54 Å². The number of hydrogen-bond donors (Lipinski definition) is 1. The highest BCUT2D eigenvalue weighted by Crippen LogP contribution is 2.22. The van der Waals surface area contributed by atoms with E-state index in [1.807, 2.05) is 43.1 Å². The number of anilines is 1. The van der Waals surface area contributed by atoms with Gasteiger partial charge in [0, 0.05) is 46.9 Å². The summed E-state index contributed by atoms with van der Waals surface area (Å²) >= 11 is 0. The van der Waals surface area contributed by atoms with Crippen LogP contribution < -0.4 is 10.6 Å². The molecule has 0 radical (unpaired) electrons. The minimum atomic E-state index is -0.613. The summed E-state index contributed by atoms with van der Waals surface area (Å²) in [6.45, 7) is 1.21. The zero-order chi connectivity index (χ0) is 21.4. The predicted octanol–water partition coefficient (Wildman–Crippen LogP) is 3.26. The molecule has 0 unspecified atom stereocenters. The number of hydrogen-bond acceptors (Lipinski definition) is 5. The second-order valence-electron chi connectivity index (χ2n) is 7.17. The third-order valence-corrected chi connectivity index (χ3v) is 4.03. The van der Waals surface area contributed by atoms with Crippen LogP contribution >= 0.6 is 0 Å². The molecule has 29 heavy (non-hydrogen) atoms. The summed E-state index contributed by atoms with van der Waals surface area (Å²) in [5.41, 5.74) is 9.42. The van der Waals surface area contributed by atoms with Crippen molar-refractivity contribution in [1.82, 2.24) is 4.90 Å². The lowest BCUT2D eigenvalue weighted by Gasteiger charge is -2.18. The van der Waals surface area contributed by atoms with Gasteiger partial charge in [-0.05, 0) is 39.3 Å². The minimum absolute atomic E-state index is 0.115. The normalized spacial score (nSPS) is 13.8. The van der Waals surface area contributed by atoms with E-state index >= 15 is 0 Å². The fraction of sp³-hybridized carbons (Fsp3) is 0.273. The summed E-state index contributed by atoms with van der Waals surface area (Å²) in [6.07, 6.45) is 2.43. The molecule has 2 N–H and O–H groups in total. The van der Waals surface area contributed by atoms with Gasteiger partial charge in [0.25, 0.3) is 0 Å². The molecule has 1 aliphatic rings. The number of nitrogens with zero attached hydrogens (tertiary/aromatic N) is 3. The SMILES string of the molecule is CN(C)C.NC1=C(C=NCc2ccc(F)cc2F)CN(c2cccc(C=O)c2)C1. The highest BCUT2D eigenvalue weighted by Gasteiger charge is 2.19. The molecule has 0 saturated heterocycles. The molecule has 0 aromatic heterocycles. The Bertz CT molecular complexity index is 907. The summed E-state index contributed by atoms with van der Waals surface area (Å²) in [5.74, 6) is -1.22. The van der Waals surface area contributed by atoms with Gasteiger partial charge in [0.15, 0.2) is 0 Å². The highest BCUT2D eigenvalue weighted by atomic mass is 19.1. The van der Waals surface area contributed by atoms with E-state index in [2.05, 4.69) is 4.99 Å². The van der Waals surface area contributed by atoms with Crippen molar-refractivity contribution in [3.63, 3.8) is 0 Å². The van der Waals surface area contributed by atoms with Gasteiger partial charge >= 0.3 is 0 Å². The average Bonchev–Trinajstić information content (AvgIpc) is 3.04. The number of aliphatic imine (C=N–C) groups is 1. The Morgan fingerprint density at radius 1 is 1.14 bits per heavy atom. The first kappa shape index (κ1) is 22.2. The van der Waals surface area contributed by atoms with Crippen molar-refractivity contribution in [3.8, 4) is 0 Å². The van der Waals surface area contributed by atoms with Crippen molar-refractivity contribution in [2.75, 3.05) is 39.1 Å². The van der Waals surface area contributed by atoms with Crippen molar-refractivity contribution in [3.05, 3.63) is 76.5 Å². The molecule has 0 spiro atoms. The number of benzene rings is 2. The van der Waals surface area contributed by atoms with Gasteiger partial charge < -0.3 is 15.5 Å². The molecule has 2 aromatic carbocycles. The quantitative estimate of drug-likeness (QED) is 0.618. The smallest absolute Gasteiger partial charge is 0.150 e. The van der Waals surface area contributed by atoms with Crippen molar-refractivity contribution in [2.24, 2.45) is 10.7 Å². The zero-order valence-corrected chi connectivity index (χ0v) is 16.9. The van der Waals surface area contributed by atoms with Crippen molar-refractivity contribution >= 4 is 18.2 Å². The first-order valence-electron chi connectivity index (χ1n) is 9.12. The molecule has 1 aliphatic heterocycles. The summed E-state index contributed by atoms with van der Waals surface area (Å²) in [6, 6.07) is 10.7. The maximum absolute atomic E-state index is 13.6. The fourth-order valence-corrected chi connectivity index (χ4v) is 2.68. The molecule has 7 heteroatoms. The number of nitrogens with two attached hydrogens (primary N) is 1. The van der Waals surface area contributed by atoms with Crippen LogP contribution in [0.15, 0.2) is 58.7 Å². The van der Waals surface area contributed by atoms with Crippen molar-refractivity contribution in [1.29, 1.82) is 0 Å². The van der Waals surface area contributed by atoms with Gasteiger partial charge in [-0.1, -0.05) is 18.2 Å². The monoisotopic (exact) mass is 400 g/mol. The maximum atomic E-state index is 13.6. The van der Waals surface area contributed by atoms with Crippen LogP contribution in [0, 0.1) is 11.6 Å². The number of rotatable bonds is 5. The Morgan fingerprint density at radius 3 is 2.52 bits per heavy atom. The van der Waals surface area contributed by atoms with Crippen LogP contribution in [-0.4, -0.2) is 51.6 Å². The lowest BCUT2D eigenvalue weighted by molar-refractivity contribution is 0.112. The average molecular weight is 400 g/mol. The summed E-state index contributed by atoms with van der Waals surface area (Å²) in [7, 11) is 6.00. The van der Waals surface area contributed by atoms with Crippen LogP contribution in [0.2, 0.25) is 0 Å². The molecule has 5 nitrogen and oxygen atoms in total. The lowest BCUT2D eigenvalue weighted by Crippen LogP contribution is -2.21. The third-order valence-electron chi connectivity index (χ3n) is 4.03. The van der Waals surface area contributed by atoms with Crippen molar-refractivity contribution < 1.29 is 13.6 Å². The van der Waals surface area contributed by atoms with Crippen LogP contribution in [0.25, 0.3) is 0 Å². The summed E-state index contributed by atoms with van der Waals surface area (Å²) < 4.78 is 26.5. The second kappa shape index (κ2) is 10.5. The highest BCUT2D eigenvalue weighted by molar-refractivity contribution is 5.84. The van der Waals surface area contributed by atoms with Gasteiger partial charge in [-0.3, -0.25) is 9.79 Å². The Labute approximate surface area is 170 Å². The molecule has 1 heterocycles. The fourth-order valence-electron chi connectivity index (χ4n) is 2.68. The van der Waals surface area contributed by atoms with Gasteiger partial charge in [0.05, 0.1) is 13.1 Å². The Hall–Kier alpha value is -3.06. The van der Waals surface area contributed by atoms with E-state index in [0.29, 0.717) is 29.9 Å². The minimum Gasteiger partial charge on any atom is -0.400 e. The van der Waals surface area contributed by atoms with E-state index < -0.39 is 11.6 Å². The Balaban J connectivity index is 0.000000687. The first-order valence-corrected chi connectivity index (χ1v) is 9.12. The standard InChI is InChI=1S/C19H17F2N3O.C3H9N/c20-16-5-4-14(18(21)7-16)8-23-9-15-10-24(11-19(15)22)17-3-1-2-13(6-17)12-25;1-4(2)3/h1-7,9,12H,8,10-11,22H2;1-3H3. The second-order valence-corrected chi connectivity index (χ2v) is 7.17. The van der Waals surface area contributed by atoms with Crippen LogP contribution in [-0.2, 0) is 6.54 Å². The number of halogens is 2. The summed E-state index contributed by atoms with van der Waals surface area (Å²) in [4.78, 5) is 19.1. The first-order chi connectivity index (χ1) is 13.8. The molecule has 0 atom stereocenters. The van der Waals surface area contributed by atoms with Crippen molar-refractivity contribution in [2.45, 2.75) is 6.54 Å². The van der Waals surface area contributed by atoms with Crippen LogP contribution in [0.5, 0.6) is 0 Å². The Kier molecular flexibility index (Phi) is 8.03. The van der Waals surface area contributed by atoms with E-state index in [0.717, 1.165) is 23.6 Å². The molecular formula is C22H26F2N4O. The third kappa shape index (κ3) is 6.80. The maximum Gasteiger partial charge on any atom is 0.150 e. The zero-order valence-electron chi connectivity index (χ0n) is 16.9. The van der Waals surface area contributed by atoms with E-state index in [4.69, 9.17) is 5.73 Å². The molecule has 0 aliphatic carbocycles. The number of carbonyl (C=O) groups excluding carboxylic acids is 1. The van der Waals surface area contributed by atoms with Crippen LogP contribution in [0.1, 0.15) is 15.9 Å². The number of carbonyl (C=O) groups is 1. The Morgan fingerprint density at radius 2 is 1.86 bits per heavy atom. The molecule has 0 saturated carbocycles. The van der Waals surface area contributed by atoms with E-state index in [1.165, 1.54) is 12.1 Å². The van der Waals surface area contributed by atoms with Gasteiger partial charge in [0.1, 0.15) is 17.9 Å². The molecule has 0 bridgehead atoms. The predicted molar refractivity (Wildman–Crippen MR) is 113 cm³/mol. The molecule has 0 fully saturated rings. The van der Waals surface area contributed by atoms with E-state index in [9.17, 15) is 13.6 Å². The number of aldehydes is 1. The molecule has 154 valence electrons. The van der Waals surface area contributed by atoms with Gasteiger partial charge in [0.2, 0.25) is 0 Å². The van der Waals surface area contributed by atoms with Gasteiger partial charge in [-0.25, -0.2) is 8.78 Å².